The van der Waals surface area contributed by atoms with E-state index in [1.54, 1.807) is 0 Å². The molecule has 11 atom stereocenters. The molecule has 1 saturated heterocycles. The molecule has 15 heteroatoms. The first-order valence-electron chi connectivity index (χ1n) is 12.5. The minimum Gasteiger partial charge on any atom is -0.504 e. The van der Waals surface area contributed by atoms with E-state index in [-0.39, 0.29) is 11.3 Å². The summed E-state index contributed by atoms with van der Waals surface area (Å²) in [6, 6.07) is 3.84. The van der Waals surface area contributed by atoms with E-state index >= 15 is 0 Å². The van der Waals surface area contributed by atoms with Gasteiger partial charge in [-0.2, -0.15) is 0 Å². The maximum absolute atomic E-state index is 12.8. The largest absolute Gasteiger partial charge is 0.504 e. The number of benzene rings is 1. The molecule has 0 aromatic heterocycles. The van der Waals surface area contributed by atoms with Crippen molar-refractivity contribution in [1.82, 2.24) is 0 Å². The number of aliphatic hydroxyl groups is 5. The van der Waals surface area contributed by atoms with Gasteiger partial charge in [0.1, 0.15) is 24.4 Å². The summed E-state index contributed by atoms with van der Waals surface area (Å²) in [6.45, 7) is -0.660. The second-order valence-electron chi connectivity index (χ2n) is 9.71. The number of carbonyl (C=O) groups is 2. The summed E-state index contributed by atoms with van der Waals surface area (Å²) in [5, 5.41) is 71.0. The molecule has 41 heavy (non-hydrogen) atoms. The highest BCUT2D eigenvalue weighted by molar-refractivity contribution is 5.90. The minimum atomic E-state index is -1.76. The van der Waals surface area contributed by atoms with Crippen molar-refractivity contribution in [2.75, 3.05) is 20.8 Å². The topological polar surface area (TPSA) is 231 Å². The van der Waals surface area contributed by atoms with Crippen LogP contribution in [0.25, 0.3) is 6.08 Å². The van der Waals surface area contributed by atoms with Crippen molar-refractivity contribution in [2.24, 2.45) is 17.8 Å². The molecular weight excluding hydrogens is 552 g/mol. The van der Waals surface area contributed by atoms with Crippen LogP contribution in [-0.4, -0.2) is 118 Å². The lowest BCUT2D eigenvalue weighted by Crippen LogP contribution is -2.60. The molecule has 1 saturated carbocycles. The van der Waals surface area contributed by atoms with E-state index in [1.807, 2.05) is 0 Å². The molecule has 4 rings (SSSR count). The van der Waals surface area contributed by atoms with Crippen LogP contribution in [0, 0.1) is 17.8 Å². The summed E-state index contributed by atoms with van der Waals surface area (Å²) in [5.74, 6) is -5.85. The quantitative estimate of drug-likeness (QED) is 0.100. The van der Waals surface area contributed by atoms with Gasteiger partial charge in [0.15, 0.2) is 24.1 Å². The lowest BCUT2D eigenvalue weighted by Gasteiger charge is -2.43. The van der Waals surface area contributed by atoms with E-state index in [2.05, 4.69) is 0 Å². The Morgan fingerprint density at radius 2 is 1.66 bits per heavy atom. The SMILES string of the molecule is COC(=O)C1=CO[C@@H](O[C@@H]2O[C@H](OC)[C@@H](O)[C@H](O)[C@H]2O)[C@@H]2[C@@H](CO)[C@@H](O)[C@@H](OC(=O)/C=C/c3ccc(O)c(O)c3)[C@H]12. The predicted molar refractivity (Wildman–Crippen MR) is 132 cm³/mol. The summed E-state index contributed by atoms with van der Waals surface area (Å²) >= 11 is 0. The van der Waals surface area contributed by atoms with Crippen molar-refractivity contribution < 1.29 is 73.8 Å². The summed E-state index contributed by atoms with van der Waals surface area (Å²) in [4.78, 5) is 25.4. The number of hydrogen-bond acceptors (Lipinski definition) is 15. The Morgan fingerprint density at radius 1 is 0.951 bits per heavy atom. The Labute approximate surface area is 233 Å². The monoisotopic (exact) mass is 584 g/mol. The molecular formula is C26H32O15. The maximum Gasteiger partial charge on any atom is 0.337 e. The molecule has 1 aromatic carbocycles. The molecule has 0 radical (unpaired) electrons. The molecule has 2 fully saturated rings. The summed E-state index contributed by atoms with van der Waals surface area (Å²) < 4.78 is 32.1. The van der Waals surface area contributed by atoms with Gasteiger partial charge in [-0.05, 0) is 23.8 Å². The van der Waals surface area contributed by atoms with E-state index in [0.717, 1.165) is 19.4 Å². The van der Waals surface area contributed by atoms with Gasteiger partial charge in [-0.15, -0.1) is 0 Å². The third-order valence-corrected chi connectivity index (χ3v) is 7.36. The Morgan fingerprint density at radius 3 is 2.29 bits per heavy atom. The lowest BCUT2D eigenvalue weighted by atomic mass is 9.82. The third-order valence-electron chi connectivity index (χ3n) is 7.36. The molecule has 15 nitrogen and oxygen atoms in total. The van der Waals surface area contributed by atoms with Gasteiger partial charge in [0.05, 0.1) is 25.0 Å². The highest BCUT2D eigenvalue weighted by atomic mass is 16.8. The Balaban J connectivity index is 1.60. The number of aromatic hydroxyl groups is 2. The zero-order chi connectivity index (χ0) is 30.0. The molecule has 7 N–H and O–H groups in total. The van der Waals surface area contributed by atoms with Gasteiger partial charge in [-0.1, -0.05) is 6.07 Å². The van der Waals surface area contributed by atoms with Gasteiger partial charge in [-0.25, -0.2) is 9.59 Å². The highest BCUT2D eigenvalue weighted by Gasteiger charge is 2.60. The number of hydrogen-bond donors (Lipinski definition) is 7. The van der Waals surface area contributed by atoms with E-state index in [1.165, 1.54) is 31.4 Å². The highest BCUT2D eigenvalue weighted by Crippen LogP contribution is 2.49. The smallest absolute Gasteiger partial charge is 0.337 e. The van der Waals surface area contributed by atoms with Crippen LogP contribution in [0.3, 0.4) is 0 Å². The number of esters is 2. The van der Waals surface area contributed by atoms with Crippen molar-refractivity contribution in [3.63, 3.8) is 0 Å². The number of fused-ring (bicyclic) bond motifs is 1. The molecule has 226 valence electrons. The summed E-state index contributed by atoms with van der Waals surface area (Å²) in [6.07, 6.45) is -9.16. The van der Waals surface area contributed by atoms with Gasteiger partial charge < -0.3 is 64.2 Å². The Bertz CT molecular complexity index is 1170. The second kappa shape index (κ2) is 12.7. The first-order chi connectivity index (χ1) is 19.5. The first kappa shape index (κ1) is 30.7. The van der Waals surface area contributed by atoms with Crippen molar-refractivity contribution in [1.29, 1.82) is 0 Å². The molecule has 2 aliphatic heterocycles. The van der Waals surface area contributed by atoms with Crippen molar-refractivity contribution in [2.45, 2.75) is 49.4 Å². The van der Waals surface area contributed by atoms with Gasteiger partial charge in [0.2, 0.25) is 6.29 Å². The molecule has 1 aliphatic carbocycles. The number of phenols is 2. The van der Waals surface area contributed by atoms with Crippen LogP contribution in [0.5, 0.6) is 11.5 Å². The average molecular weight is 585 g/mol. The van der Waals surface area contributed by atoms with Crippen molar-refractivity contribution in [3.05, 3.63) is 41.7 Å². The van der Waals surface area contributed by atoms with Crippen LogP contribution in [0.15, 0.2) is 36.1 Å². The number of rotatable bonds is 8. The summed E-state index contributed by atoms with van der Waals surface area (Å²) in [7, 11) is 2.30. The standard InChI is InChI=1S/C26H32O15/c1-36-23(35)12-9-38-24(40-26-21(34)19(32)20(33)25(37-2)41-26)17-11(8-27)18(31)22(16(12)17)39-15(30)6-4-10-3-5-13(28)14(29)7-10/h3-7,9,11,16-22,24-29,31-34H,8H2,1-2H3/b6-4+/t11-,16-,17-,18-,19+,20+,21-,22+,24+,25+,26-/m1/s1. The van der Waals surface area contributed by atoms with Gasteiger partial charge in [-0.3, -0.25) is 0 Å². The van der Waals surface area contributed by atoms with Gasteiger partial charge in [0, 0.05) is 37.5 Å². The fourth-order valence-corrected chi connectivity index (χ4v) is 5.27. The van der Waals surface area contributed by atoms with Crippen LogP contribution < -0.4 is 0 Å². The van der Waals surface area contributed by atoms with Crippen LogP contribution >= 0.6 is 0 Å². The minimum absolute atomic E-state index is 0.132. The van der Waals surface area contributed by atoms with Gasteiger partial charge >= 0.3 is 11.9 Å². The van der Waals surface area contributed by atoms with E-state index in [9.17, 15) is 45.3 Å². The summed E-state index contributed by atoms with van der Waals surface area (Å²) in [5.41, 5.74) is 0.214. The molecule has 0 spiro atoms. The van der Waals surface area contributed by atoms with Crippen LogP contribution in [0.2, 0.25) is 0 Å². The van der Waals surface area contributed by atoms with E-state index < -0.39 is 91.4 Å². The number of ether oxygens (including phenoxy) is 6. The molecule has 0 amide bonds. The van der Waals surface area contributed by atoms with E-state index in [0.29, 0.717) is 5.56 Å². The first-order valence-corrected chi connectivity index (χ1v) is 12.5. The van der Waals surface area contributed by atoms with Crippen LogP contribution in [0.1, 0.15) is 5.56 Å². The van der Waals surface area contributed by atoms with Crippen molar-refractivity contribution in [3.8, 4) is 11.5 Å². The molecule has 2 heterocycles. The number of carbonyl (C=O) groups excluding carboxylic acids is 2. The predicted octanol–water partition coefficient (Wildman–Crippen LogP) is -1.92. The molecule has 0 unspecified atom stereocenters. The maximum atomic E-state index is 12.8. The zero-order valence-corrected chi connectivity index (χ0v) is 21.9. The third kappa shape index (κ3) is 6.02. The van der Waals surface area contributed by atoms with Crippen LogP contribution in [0.4, 0.5) is 0 Å². The Hall–Kier alpha value is -3.28. The van der Waals surface area contributed by atoms with Gasteiger partial charge in [0.25, 0.3) is 0 Å². The van der Waals surface area contributed by atoms with E-state index in [4.69, 9.17) is 28.4 Å². The fraction of sp³-hybridized carbons (Fsp3) is 0.538. The molecule has 0 bridgehead atoms. The number of methoxy groups -OCH3 is 2. The lowest BCUT2D eigenvalue weighted by molar-refractivity contribution is -0.374. The molecule has 1 aromatic rings. The van der Waals surface area contributed by atoms with Crippen molar-refractivity contribution >= 4 is 18.0 Å². The number of aliphatic hydroxyl groups excluding tert-OH is 5. The second-order valence-corrected chi connectivity index (χ2v) is 9.71. The average Bonchev–Trinajstić information content (AvgIpc) is 3.24. The Kier molecular flexibility index (Phi) is 9.51. The molecule has 3 aliphatic rings. The zero-order valence-electron chi connectivity index (χ0n) is 21.9. The normalized spacial score (nSPS) is 36.8. The van der Waals surface area contributed by atoms with Crippen LogP contribution in [-0.2, 0) is 38.0 Å². The number of phenolic OH excluding ortho intramolecular Hbond substituents is 2. The fourth-order valence-electron chi connectivity index (χ4n) is 5.27.